The molecule has 0 bridgehead atoms. The summed E-state index contributed by atoms with van der Waals surface area (Å²) in [6.45, 7) is 5.91. The maximum absolute atomic E-state index is 9.44. The predicted molar refractivity (Wildman–Crippen MR) is 49.9 cm³/mol. The Morgan fingerprint density at radius 3 is 2.67 bits per heavy atom. The fraction of sp³-hybridized carbons (Fsp3) is 1.00. The van der Waals surface area contributed by atoms with Gasteiger partial charge in [0.05, 0.1) is 6.10 Å². The van der Waals surface area contributed by atoms with Gasteiger partial charge >= 0.3 is 0 Å². The van der Waals surface area contributed by atoms with Crippen LogP contribution in [0, 0.1) is 5.41 Å². The topological polar surface area (TPSA) is 58.3 Å². The second-order valence-corrected chi connectivity index (χ2v) is 4.22. The van der Waals surface area contributed by atoms with E-state index in [0.717, 1.165) is 25.9 Å². The monoisotopic (exact) mass is 172 g/mol. The highest BCUT2D eigenvalue weighted by atomic mass is 16.3. The molecular formula is C9H20N2O. The van der Waals surface area contributed by atoms with E-state index < -0.39 is 0 Å². The molecule has 2 atom stereocenters. The summed E-state index contributed by atoms with van der Waals surface area (Å²) in [5, 5.41) is 12.8. The summed E-state index contributed by atoms with van der Waals surface area (Å²) in [5.41, 5.74) is 5.43. The van der Waals surface area contributed by atoms with Gasteiger partial charge in [0.2, 0.25) is 0 Å². The first-order valence-corrected chi connectivity index (χ1v) is 4.70. The molecule has 0 spiro atoms. The van der Waals surface area contributed by atoms with Gasteiger partial charge in [0.1, 0.15) is 0 Å². The van der Waals surface area contributed by atoms with E-state index in [4.69, 9.17) is 5.73 Å². The fourth-order valence-corrected chi connectivity index (χ4v) is 1.63. The second-order valence-electron chi connectivity index (χ2n) is 4.22. The minimum absolute atomic E-state index is 0.0502. The lowest BCUT2D eigenvalue weighted by Gasteiger charge is -2.49. The van der Waals surface area contributed by atoms with Crippen LogP contribution in [-0.4, -0.2) is 30.3 Å². The van der Waals surface area contributed by atoms with Crippen molar-refractivity contribution < 1.29 is 5.11 Å². The Morgan fingerprint density at radius 1 is 1.58 bits per heavy atom. The van der Waals surface area contributed by atoms with Crippen LogP contribution in [0.3, 0.4) is 0 Å². The molecule has 72 valence electrons. The molecule has 0 amide bonds. The number of hydrogen-bond donors (Lipinski definition) is 3. The van der Waals surface area contributed by atoms with E-state index in [1.165, 1.54) is 0 Å². The average Bonchev–Trinajstić information content (AvgIpc) is 2.04. The van der Waals surface area contributed by atoms with Crippen LogP contribution in [-0.2, 0) is 0 Å². The van der Waals surface area contributed by atoms with Crippen molar-refractivity contribution in [2.24, 2.45) is 11.1 Å². The molecule has 1 rings (SSSR count). The van der Waals surface area contributed by atoms with E-state index in [1.54, 1.807) is 0 Å². The van der Waals surface area contributed by atoms with Crippen molar-refractivity contribution in [1.82, 2.24) is 5.32 Å². The molecule has 0 aromatic carbocycles. The molecule has 4 N–H and O–H groups in total. The number of aliphatic hydroxyl groups excluding tert-OH is 1. The molecule has 0 aliphatic heterocycles. The maximum atomic E-state index is 9.44. The molecule has 0 aromatic heterocycles. The molecule has 3 nitrogen and oxygen atoms in total. The van der Waals surface area contributed by atoms with Crippen molar-refractivity contribution in [2.45, 2.75) is 38.8 Å². The van der Waals surface area contributed by atoms with E-state index in [0.29, 0.717) is 6.04 Å². The van der Waals surface area contributed by atoms with Crippen molar-refractivity contribution in [3.8, 4) is 0 Å². The standard InChI is InChI=1S/C9H20N2O/c1-9(2)7(6-8(9)12)11-5-3-4-10/h7-8,11-12H,3-6,10H2,1-2H3. The average molecular weight is 172 g/mol. The lowest BCUT2D eigenvalue weighted by Crippen LogP contribution is -2.60. The largest absolute Gasteiger partial charge is 0.392 e. The van der Waals surface area contributed by atoms with Crippen molar-refractivity contribution in [3.63, 3.8) is 0 Å². The molecule has 1 aliphatic rings. The van der Waals surface area contributed by atoms with Crippen molar-refractivity contribution >= 4 is 0 Å². The lowest BCUT2D eigenvalue weighted by molar-refractivity contribution is -0.0721. The Bertz CT molecular complexity index is 147. The normalized spacial score (nSPS) is 33.0. The van der Waals surface area contributed by atoms with Gasteiger partial charge in [0.25, 0.3) is 0 Å². The second kappa shape index (κ2) is 3.73. The molecule has 2 unspecified atom stereocenters. The van der Waals surface area contributed by atoms with Gasteiger partial charge in [-0.2, -0.15) is 0 Å². The van der Waals surface area contributed by atoms with Gasteiger partial charge < -0.3 is 16.2 Å². The summed E-state index contributed by atoms with van der Waals surface area (Å²) in [4.78, 5) is 0. The molecule has 1 fully saturated rings. The smallest absolute Gasteiger partial charge is 0.0621 e. The van der Waals surface area contributed by atoms with Crippen LogP contribution >= 0.6 is 0 Å². The quantitative estimate of drug-likeness (QED) is 0.527. The zero-order valence-electron chi connectivity index (χ0n) is 8.01. The zero-order valence-corrected chi connectivity index (χ0v) is 8.01. The van der Waals surface area contributed by atoms with E-state index in [2.05, 4.69) is 19.2 Å². The number of rotatable bonds is 4. The summed E-state index contributed by atoms with van der Waals surface area (Å²) in [5.74, 6) is 0. The first kappa shape index (κ1) is 9.96. The third-order valence-corrected chi connectivity index (χ3v) is 2.99. The molecule has 12 heavy (non-hydrogen) atoms. The molecule has 0 radical (unpaired) electrons. The van der Waals surface area contributed by atoms with Crippen LogP contribution in [0.25, 0.3) is 0 Å². The van der Waals surface area contributed by atoms with Crippen LogP contribution in [0.15, 0.2) is 0 Å². The lowest BCUT2D eigenvalue weighted by atomic mass is 9.64. The Balaban J connectivity index is 2.19. The maximum Gasteiger partial charge on any atom is 0.0621 e. The van der Waals surface area contributed by atoms with E-state index in [1.807, 2.05) is 0 Å². The van der Waals surface area contributed by atoms with Crippen LogP contribution in [0.4, 0.5) is 0 Å². The van der Waals surface area contributed by atoms with Crippen molar-refractivity contribution in [2.75, 3.05) is 13.1 Å². The minimum Gasteiger partial charge on any atom is -0.392 e. The highest BCUT2D eigenvalue weighted by Gasteiger charge is 2.46. The summed E-state index contributed by atoms with van der Waals surface area (Å²) in [6.07, 6.45) is 1.77. The highest BCUT2D eigenvalue weighted by molar-refractivity contribution is 5.01. The van der Waals surface area contributed by atoms with Gasteiger partial charge in [-0.15, -0.1) is 0 Å². The van der Waals surface area contributed by atoms with Crippen LogP contribution in [0.5, 0.6) is 0 Å². The summed E-state index contributed by atoms with van der Waals surface area (Å²) in [6, 6.07) is 0.471. The van der Waals surface area contributed by atoms with Gasteiger partial charge in [0, 0.05) is 11.5 Å². The van der Waals surface area contributed by atoms with Crippen LogP contribution in [0.2, 0.25) is 0 Å². The van der Waals surface area contributed by atoms with Gasteiger partial charge in [-0.05, 0) is 25.9 Å². The first-order chi connectivity index (χ1) is 5.59. The zero-order chi connectivity index (χ0) is 9.19. The third kappa shape index (κ3) is 1.79. The number of aliphatic hydroxyl groups is 1. The molecule has 1 aliphatic carbocycles. The van der Waals surface area contributed by atoms with E-state index >= 15 is 0 Å². The first-order valence-electron chi connectivity index (χ1n) is 4.70. The molecule has 1 saturated carbocycles. The van der Waals surface area contributed by atoms with Crippen molar-refractivity contribution in [1.29, 1.82) is 0 Å². The number of nitrogens with two attached hydrogens (primary N) is 1. The molecule has 0 heterocycles. The summed E-state index contributed by atoms with van der Waals surface area (Å²) in [7, 11) is 0. The highest BCUT2D eigenvalue weighted by Crippen LogP contribution is 2.40. The minimum atomic E-state index is -0.132. The Labute approximate surface area is 74.3 Å². The van der Waals surface area contributed by atoms with Gasteiger partial charge in [0.15, 0.2) is 0 Å². The molecule has 0 aromatic rings. The van der Waals surface area contributed by atoms with Gasteiger partial charge in [-0.1, -0.05) is 13.8 Å². The van der Waals surface area contributed by atoms with E-state index in [-0.39, 0.29) is 11.5 Å². The Hall–Kier alpha value is -0.120. The number of nitrogens with one attached hydrogen (secondary N) is 1. The summed E-state index contributed by atoms with van der Waals surface area (Å²) < 4.78 is 0. The number of hydrogen-bond acceptors (Lipinski definition) is 3. The van der Waals surface area contributed by atoms with Gasteiger partial charge in [-0.3, -0.25) is 0 Å². The predicted octanol–water partition coefficient (Wildman–Crippen LogP) is 0.0842. The SMILES string of the molecule is CC1(C)C(O)CC1NCCCN. The molecule has 3 heteroatoms. The van der Waals surface area contributed by atoms with Crippen LogP contribution in [0.1, 0.15) is 26.7 Å². The third-order valence-electron chi connectivity index (χ3n) is 2.99. The van der Waals surface area contributed by atoms with Gasteiger partial charge in [-0.25, -0.2) is 0 Å². The summed E-state index contributed by atoms with van der Waals surface area (Å²) >= 11 is 0. The Morgan fingerprint density at radius 2 is 2.25 bits per heavy atom. The molecule has 0 saturated heterocycles. The van der Waals surface area contributed by atoms with E-state index in [9.17, 15) is 5.11 Å². The Kier molecular flexibility index (Phi) is 3.09. The van der Waals surface area contributed by atoms with Crippen molar-refractivity contribution in [3.05, 3.63) is 0 Å². The molecular weight excluding hydrogens is 152 g/mol. The van der Waals surface area contributed by atoms with Crippen LogP contribution < -0.4 is 11.1 Å². The fourth-order valence-electron chi connectivity index (χ4n) is 1.63.